The van der Waals surface area contributed by atoms with Crippen LogP contribution in [-0.2, 0) is 0 Å². The van der Waals surface area contributed by atoms with Crippen LogP contribution in [-0.4, -0.2) is 17.1 Å². The summed E-state index contributed by atoms with van der Waals surface area (Å²) in [6, 6.07) is 8.51. The summed E-state index contributed by atoms with van der Waals surface area (Å²) in [6.07, 6.45) is 5.62. The molecule has 1 N–H and O–H groups in total. The second kappa shape index (κ2) is 6.23. The molecular formula is C17H13N3O3. The number of hydrogen-bond donors (Lipinski definition) is 1. The second-order valence-corrected chi connectivity index (χ2v) is 4.95. The zero-order chi connectivity index (χ0) is 16.2. The highest BCUT2D eigenvalue weighted by Gasteiger charge is 2.06. The minimum atomic E-state index is -0.385. The van der Waals surface area contributed by atoms with Gasteiger partial charge in [0.1, 0.15) is 11.8 Å². The quantitative estimate of drug-likeness (QED) is 0.594. The third-order valence-corrected chi connectivity index (χ3v) is 3.27. The SMILES string of the molecule is Cc1ccc2occ(/C=N/NC(=O)c3ccncc3)c(=O)c2c1. The Bertz CT molecular complexity index is 946. The molecule has 0 aliphatic rings. The van der Waals surface area contributed by atoms with E-state index in [1.165, 1.54) is 24.9 Å². The van der Waals surface area contributed by atoms with Crippen LogP contribution in [0.3, 0.4) is 0 Å². The number of carbonyl (C=O) groups excluding carboxylic acids is 1. The first kappa shape index (κ1) is 14.6. The summed E-state index contributed by atoms with van der Waals surface area (Å²) in [6.45, 7) is 1.90. The van der Waals surface area contributed by atoms with E-state index in [1.54, 1.807) is 24.3 Å². The number of aromatic nitrogens is 1. The van der Waals surface area contributed by atoms with Crippen molar-refractivity contribution in [2.75, 3.05) is 0 Å². The average molecular weight is 307 g/mol. The number of hydrogen-bond acceptors (Lipinski definition) is 5. The van der Waals surface area contributed by atoms with Gasteiger partial charge in [-0.2, -0.15) is 5.10 Å². The number of amides is 1. The highest BCUT2D eigenvalue weighted by Crippen LogP contribution is 2.12. The summed E-state index contributed by atoms with van der Waals surface area (Å²) in [5, 5.41) is 4.28. The van der Waals surface area contributed by atoms with Gasteiger partial charge in [-0.15, -0.1) is 0 Å². The number of pyridine rings is 1. The Balaban J connectivity index is 1.83. The normalized spacial score (nSPS) is 11.0. The van der Waals surface area contributed by atoms with Crippen LogP contribution in [0.2, 0.25) is 0 Å². The van der Waals surface area contributed by atoms with Gasteiger partial charge in [0.15, 0.2) is 0 Å². The number of rotatable bonds is 3. The maximum Gasteiger partial charge on any atom is 0.271 e. The molecule has 1 aromatic carbocycles. The van der Waals surface area contributed by atoms with Gasteiger partial charge < -0.3 is 4.42 Å². The molecule has 0 saturated carbocycles. The highest BCUT2D eigenvalue weighted by atomic mass is 16.3. The summed E-state index contributed by atoms with van der Waals surface area (Å²) in [5.74, 6) is -0.385. The fraction of sp³-hybridized carbons (Fsp3) is 0.0588. The standard InChI is InChI=1S/C17H13N3O3/c1-11-2-3-15-14(8-11)16(21)13(10-23-15)9-19-20-17(22)12-4-6-18-7-5-12/h2-10H,1H3,(H,20,22)/b19-9+. The first-order chi connectivity index (χ1) is 11.1. The molecule has 0 spiro atoms. The van der Waals surface area contributed by atoms with Crippen LogP contribution >= 0.6 is 0 Å². The Labute approximate surface area is 131 Å². The van der Waals surface area contributed by atoms with Gasteiger partial charge in [-0.05, 0) is 31.2 Å². The number of fused-ring (bicyclic) bond motifs is 1. The molecular weight excluding hydrogens is 294 g/mol. The molecule has 0 atom stereocenters. The molecule has 6 heteroatoms. The second-order valence-electron chi connectivity index (χ2n) is 4.95. The molecule has 0 radical (unpaired) electrons. The molecule has 0 bridgehead atoms. The minimum absolute atomic E-state index is 0.197. The summed E-state index contributed by atoms with van der Waals surface area (Å²) in [7, 11) is 0. The first-order valence-electron chi connectivity index (χ1n) is 6.91. The molecule has 0 aliphatic carbocycles. The van der Waals surface area contributed by atoms with Crippen LogP contribution in [0.1, 0.15) is 21.5 Å². The molecule has 2 aromatic heterocycles. The van der Waals surface area contributed by atoms with E-state index in [1.807, 2.05) is 13.0 Å². The molecule has 2 heterocycles. The Kier molecular flexibility index (Phi) is 3.97. The number of carbonyl (C=O) groups is 1. The summed E-state index contributed by atoms with van der Waals surface area (Å²) >= 11 is 0. The smallest absolute Gasteiger partial charge is 0.271 e. The minimum Gasteiger partial charge on any atom is -0.463 e. The average Bonchev–Trinajstić information content (AvgIpc) is 2.58. The van der Waals surface area contributed by atoms with Gasteiger partial charge in [0.05, 0.1) is 17.2 Å². The van der Waals surface area contributed by atoms with E-state index in [4.69, 9.17) is 4.42 Å². The number of nitrogens with one attached hydrogen (secondary N) is 1. The van der Waals surface area contributed by atoms with Crippen molar-refractivity contribution in [1.82, 2.24) is 10.4 Å². The monoisotopic (exact) mass is 307 g/mol. The summed E-state index contributed by atoms with van der Waals surface area (Å²) in [5.41, 5.74) is 4.33. The topological polar surface area (TPSA) is 84.6 Å². The Morgan fingerprint density at radius 3 is 2.83 bits per heavy atom. The van der Waals surface area contributed by atoms with Crippen molar-refractivity contribution in [3.8, 4) is 0 Å². The van der Waals surface area contributed by atoms with Crippen molar-refractivity contribution in [1.29, 1.82) is 0 Å². The van der Waals surface area contributed by atoms with Crippen molar-refractivity contribution in [2.24, 2.45) is 5.10 Å². The van der Waals surface area contributed by atoms with Crippen molar-refractivity contribution >= 4 is 23.1 Å². The molecule has 114 valence electrons. The number of nitrogens with zero attached hydrogens (tertiary/aromatic N) is 2. The maximum absolute atomic E-state index is 12.4. The number of benzene rings is 1. The maximum atomic E-state index is 12.4. The van der Waals surface area contributed by atoms with Crippen molar-refractivity contribution in [3.05, 3.63) is 75.9 Å². The molecule has 0 saturated heterocycles. The van der Waals surface area contributed by atoms with E-state index >= 15 is 0 Å². The van der Waals surface area contributed by atoms with E-state index < -0.39 is 0 Å². The molecule has 6 nitrogen and oxygen atoms in total. The Hall–Kier alpha value is -3.28. The Morgan fingerprint density at radius 2 is 2.04 bits per heavy atom. The predicted octanol–water partition coefficient (Wildman–Crippen LogP) is 2.26. The van der Waals surface area contributed by atoms with Gasteiger partial charge in [0.25, 0.3) is 5.91 Å². The van der Waals surface area contributed by atoms with Gasteiger partial charge in [0, 0.05) is 18.0 Å². The molecule has 0 unspecified atom stereocenters. The van der Waals surface area contributed by atoms with Crippen LogP contribution in [0.25, 0.3) is 11.0 Å². The summed E-state index contributed by atoms with van der Waals surface area (Å²) < 4.78 is 5.41. The first-order valence-corrected chi connectivity index (χ1v) is 6.91. The largest absolute Gasteiger partial charge is 0.463 e. The lowest BCUT2D eigenvalue weighted by atomic mass is 10.1. The van der Waals surface area contributed by atoms with Gasteiger partial charge in [-0.25, -0.2) is 5.43 Å². The fourth-order valence-electron chi connectivity index (χ4n) is 2.08. The van der Waals surface area contributed by atoms with Crippen molar-refractivity contribution < 1.29 is 9.21 Å². The van der Waals surface area contributed by atoms with Crippen molar-refractivity contribution in [3.63, 3.8) is 0 Å². The lowest BCUT2D eigenvalue weighted by Gasteiger charge is -2.00. The number of hydrazone groups is 1. The zero-order valence-corrected chi connectivity index (χ0v) is 12.3. The fourth-order valence-corrected chi connectivity index (χ4v) is 2.08. The van der Waals surface area contributed by atoms with Crippen LogP contribution in [0, 0.1) is 6.92 Å². The van der Waals surface area contributed by atoms with Gasteiger partial charge in [0.2, 0.25) is 5.43 Å². The molecule has 3 rings (SSSR count). The van der Waals surface area contributed by atoms with Crippen LogP contribution in [0.4, 0.5) is 0 Å². The number of aryl methyl sites for hydroxylation is 1. The summed E-state index contributed by atoms with van der Waals surface area (Å²) in [4.78, 5) is 28.0. The molecule has 3 aromatic rings. The molecule has 1 amide bonds. The van der Waals surface area contributed by atoms with E-state index in [-0.39, 0.29) is 16.9 Å². The van der Waals surface area contributed by atoms with Gasteiger partial charge >= 0.3 is 0 Å². The molecule has 0 aliphatic heterocycles. The Morgan fingerprint density at radius 1 is 1.26 bits per heavy atom. The third-order valence-electron chi connectivity index (χ3n) is 3.27. The molecule has 23 heavy (non-hydrogen) atoms. The van der Waals surface area contributed by atoms with Crippen LogP contribution in [0.15, 0.2) is 63.3 Å². The zero-order valence-electron chi connectivity index (χ0n) is 12.3. The lowest BCUT2D eigenvalue weighted by Crippen LogP contribution is -2.18. The highest BCUT2D eigenvalue weighted by molar-refractivity contribution is 5.95. The van der Waals surface area contributed by atoms with Gasteiger partial charge in [-0.3, -0.25) is 14.6 Å². The van der Waals surface area contributed by atoms with Gasteiger partial charge in [-0.1, -0.05) is 11.6 Å². The van der Waals surface area contributed by atoms with Crippen molar-refractivity contribution in [2.45, 2.75) is 6.92 Å². The predicted molar refractivity (Wildman–Crippen MR) is 86.5 cm³/mol. The molecule has 0 fully saturated rings. The third kappa shape index (κ3) is 3.16. The lowest BCUT2D eigenvalue weighted by molar-refractivity contribution is 0.0955. The van der Waals surface area contributed by atoms with Crippen LogP contribution < -0.4 is 10.9 Å². The van der Waals surface area contributed by atoms with Crippen LogP contribution in [0.5, 0.6) is 0 Å². The van der Waals surface area contributed by atoms with E-state index in [2.05, 4.69) is 15.5 Å². The van der Waals surface area contributed by atoms with E-state index in [9.17, 15) is 9.59 Å². The van der Waals surface area contributed by atoms with E-state index in [0.29, 0.717) is 16.5 Å². The van der Waals surface area contributed by atoms with E-state index in [0.717, 1.165) is 5.56 Å².